The maximum absolute atomic E-state index is 13.5. The normalized spacial score (nSPS) is 20.9. The van der Waals surface area contributed by atoms with Crippen LogP contribution >= 0.6 is 0 Å². The number of carbonyl (C=O) groups is 1. The molecule has 1 fully saturated rings. The summed E-state index contributed by atoms with van der Waals surface area (Å²) in [7, 11) is 0. The summed E-state index contributed by atoms with van der Waals surface area (Å²) < 4.78 is 13.5. The molecule has 2 rings (SSSR count). The fraction of sp³-hybridized carbons (Fsp3) is 0.417. The average Bonchev–Trinajstić information content (AvgIpc) is 2.29. The number of amides is 1. The molecular weight excluding hydrogens is 207 g/mol. The van der Waals surface area contributed by atoms with E-state index in [2.05, 4.69) is 5.32 Å². The van der Waals surface area contributed by atoms with E-state index < -0.39 is 5.82 Å². The third kappa shape index (κ3) is 2.07. The molecule has 0 radical (unpaired) electrons. The number of halogens is 1. The summed E-state index contributed by atoms with van der Waals surface area (Å²) in [4.78, 5) is 13.8. The first kappa shape index (κ1) is 11.1. The highest BCUT2D eigenvalue weighted by Gasteiger charge is 2.25. The largest absolute Gasteiger partial charge is 0.333 e. The second-order valence-corrected chi connectivity index (χ2v) is 4.03. The summed E-state index contributed by atoms with van der Waals surface area (Å²) in [5.74, 6) is -0.662. The van der Waals surface area contributed by atoms with Crippen LogP contribution in [0.2, 0.25) is 0 Å². The first-order valence-electron chi connectivity index (χ1n) is 5.46. The maximum Gasteiger partial charge on any atom is 0.257 e. The van der Waals surface area contributed by atoms with Gasteiger partial charge in [0.25, 0.3) is 5.91 Å². The maximum atomic E-state index is 13.5. The summed E-state index contributed by atoms with van der Waals surface area (Å²) in [5, 5.41) is 3.20. The minimum Gasteiger partial charge on any atom is -0.333 e. The zero-order chi connectivity index (χ0) is 11.5. The Bertz CT molecular complexity index is 394. The number of hydrogen-bond acceptors (Lipinski definition) is 2. The van der Waals surface area contributed by atoms with Crippen LogP contribution in [0.15, 0.2) is 24.3 Å². The van der Waals surface area contributed by atoms with Crippen molar-refractivity contribution in [3.8, 4) is 0 Å². The van der Waals surface area contributed by atoms with Gasteiger partial charge in [-0.15, -0.1) is 0 Å². The van der Waals surface area contributed by atoms with Gasteiger partial charge < -0.3 is 10.2 Å². The Kier molecular flexibility index (Phi) is 3.19. The molecule has 0 aliphatic carbocycles. The van der Waals surface area contributed by atoms with Crippen LogP contribution in [0.3, 0.4) is 0 Å². The molecule has 1 saturated heterocycles. The minimum atomic E-state index is -0.446. The summed E-state index contributed by atoms with van der Waals surface area (Å²) in [6, 6.07) is 6.24. The van der Waals surface area contributed by atoms with E-state index in [1.807, 2.05) is 6.92 Å². The molecule has 16 heavy (non-hydrogen) atoms. The molecule has 0 bridgehead atoms. The van der Waals surface area contributed by atoms with Crippen LogP contribution in [0.4, 0.5) is 4.39 Å². The van der Waals surface area contributed by atoms with Crippen molar-refractivity contribution in [2.24, 2.45) is 0 Å². The van der Waals surface area contributed by atoms with E-state index >= 15 is 0 Å². The molecule has 0 spiro atoms. The lowest BCUT2D eigenvalue weighted by Crippen LogP contribution is -2.52. The molecule has 1 heterocycles. The number of carbonyl (C=O) groups excluding carboxylic acids is 1. The smallest absolute Gasteiger partial charge is 0.257 e. The summed E-state index contributed by atoms with van der Waals surface area (Å²) >= 11 is 0. The molecule has 4 heteroatoms. The highest BCUT2D eigenvalue weighted by Crippen LogP contribution is 2.13. The van der Waals surface area contributed by atoms with Crippen LogP contribution in [0, 0.1) is 5.82 Å². The summed E-state index contributed by atoms with van der Waals surface area (Å²) in [6.45, 7) is 4.13. The van der Waals surface area contributed by atoms with Crippen LogP contribution in [0.1, 0.15) is 17.3 Å². The highest BCUT2D eigenvalue weighted by molar-refractivity contribution is 5.94. The van der Waals surface area contributed by atoms with E-state index in [0.717, 1.165) is 13.1 Å². The van der Waals surface area contributed by atoms with Gasteiger partial charge in [0.15, 0.2) is 0 Å². The Morgan fingerprint density at radius 2 is 2.25 bits per heavy atom. The van der Waals surface area contributed by atoms with Crippen molar-refractivity contribution < 1.29 is 9.18 Å². The number of hydrogen-bond donors (Lipinski definition) is 1. The van der Waals surface area contributed by atoms with Crippen molar-refractivity contribution in [1.29, 1.82) is 0 Å². The lowest BCUT2D eigenvalue weighted by Gasteiger charge is -2.34. The average molecular weight is 222 g/mol. The topological polar surface area (TPSA) is 32.3 Å². The number of piperazine rings is 1. The molecular formula is C12H15FN2O. The van der Waals surface area contributed by atoms with Gasteiger partial charge in [-0.1, -0.05) is 12.1 Å². The standard InChI is InChI=1S/C12H15FN2O/c1-9-8-14-6-7-15(9)12(16)10-4-2-3-5-11(10)13/h2-5,9,14H,6-8H2,1H3/t9-/m1/s1. The molecule has 1 aliphatic heterocycles. The number of nitrogens with one attached hydrogen (secondary N) is 1. The van der Waals surface area contributed by atoms with Crippen molar-refractivity contribution in [1.82, 2.24) is 10.2 Å². The molecule has 1 aromatic carbocycles. The predicted molar refractivity (Wildman–Crippen MR) is 59.8 cm³/mol. The van der Waals surface area contributed by atoms with Gasteiger partial charge in [-0.25, -0.2) is 4.39 Å². The lowest BCUT2D eigenvalue weighted by molar-refractivity contribution is 0.0651. The summed E-state index contributed by atoms with van der Waals surface area (Å²) in [5.41, 5.74) is 0.163. The number of benzene rings is 1. The van der Waals surface area contributed by atoms with Gasteiger partial charge in [-0.3, -0.25) is 4.79 Å². The Morgan fingerprint density at radius 1 is 1.50 bits per heavy atom. The van der Waals surface area contributed by atoms with Crippen molar-refractivity contribution in [2.45, 2.75) is 13.0 Å². The van der Waals surface area contributed by atoms with E-state index in [1.54, 1.807) is 17.0 Å². The first-order valence-corrected chi connectivity index (χ1v) is 5.46. The first-order chi connectivity index (χ1) is 7.70. The SMILES string of the molecule is C[C@@H]1CNCCN1C(=O)c1ccccc1F. The van der Waals surface area contributed by atoms with E-state index in [9.17, 15) is 9.18 Å². The molecule has 3 nitrogen and oxygen atoms in total. The van der Waals surface area contributed by atoms with E-state index in [0.29, 0.717) is 6.54 Å². The quantitative estimate of drug-likeness (QED) is 0.776. The zero-order valence-corrected chi connectivity index (χ0v) is 9.24. The number of nitrogens with zero attached hydrogens (tertiary/aromatic N) is 1. The highest BCUT2D eigenvalue weighted by atomic mass is 19.1. The van der Waals surface area contributed by atoms with Gasteiger partial charge in [0.05, 0.1) is 5.56 Å². The van der Waals surface area contributed by atoms with Crippen molar-refractivity contribution in [3.63, 3.8) is 0 Å². The predicted octanol–water partition coefficient (Wildman–Crippen LogP) is 1.26. The van der Waals surface area contributed by atoms with E-state index in [4.69, 9.17) is 0 Å². The fourth-order valence-electron chi connectivity index (χ4n) is 1.93. The van der Waals surface area contributed by atoms with Crippen molar-refractivity contribution in [2.75, 3.05) is 19.6 Å². The minimum absolute atomic E-state index is 0.112. The van der Waals surface area contributed by atoms with Crippen molar-refractivity contribution in [3.05, 3.63) is 35.6 Å². The second kappa shape index (κ2) is 4.61. The van der Waals surface area contributed by atoms with Gasteiger partial charge in [0.1, 0.15) is 5.82 Å². The Morgan fingerprint density at radius 3 is 2.94 bits per heavy atom. The van der Waals surface area contributed by atoms with Crippen LogP contribution < -0.4 is 5.32 Å². The zero-order valence-electron chi connectivity index (χ0n) is 9.24. The van der Waals surface area contributed by atoms with Crippen LogP contribution in [-0.4, -0.2) is 36.5 Å². The molecule has 0 unspecified atom stereocenters. The van der Waals surface area contributed by atoms with Crippen LogP contribution in [0.5, 0.6) is 0 Å². The molecule has 0 aromatic heterocycles. The van der Waals surface area contributed by atoms with Crippen LogP contribution in [-0.2, 0) is 0 Å². The Balaban J connectivity index is 2.21. The van der Waals surface area contributed by atoms with Gasteiger partial charge >= 0.3 is 0 Å². The lowest BCUT2D eigenvalue weighted by atomic mass is 10.1. The Hall–Kier alpha value is -1.42. The molecule has 0 saturated carbocycles. The third-order valence-electron chi connectivity index (χ3n) is 2.87. The molecule has 1 N–H and O–H groups in total. The molecule has 1 amide bonds. The summed E-state index contributed by atoms with van der Waals surface area (Å²) in [6.07, 6.45) is 0. The second-order valence-electron chi connectivity index (χ2n) is 4.03. The van der Waals surface area contributed by atoms with E-state index in [1.165, 1.54) is 12.1 Å². The van der Waals surface area contributed by atoms with Gasteiger partial charge in [-0.2, -0.15) is 0 Å². The molecule has 1 aromatic rings. The van der Waals surface area contributed by atoms with E-state index in [-0.39, 0.29) is 17.5 Å². The molecule has 86 valence electrons. The molecule has 1 aliphatic rings. The number of rotatable bonds is 1. The monoisotopic (exact) mass is 222 g/mol. The fourth-order valence-corrected chi connectivity index (χ4v) is 1.93. The van der Waals surface area contributed by atoms with Gasteiger partial charge in [0, 0.05) is 25.7 Å². The van der Waals surface area contributed by atoms with Crippen LogP contribution in [0.25, 0.3) is 0 Å². The van der Waals surface area contributed by atoms with Crippen molar-refractivity contribution >= 4 is 5.91 Å². The van der Waals surface area contributed by atoms with Gasteiger partial charge in [0.2, 0.25) is 0 Å². The van der Waals surface area contributed by atoms with Gasteiger partial charge in [-0.05, 0) is 19.1 Å². The molecule has 1 atom stereocenters. The Labute approximate surface area is 94.3 Å². The third-order valence-corrected chi connectivity index (χ3v) is 2.87.